The van der Waals surface area contributed by atoms with Crippen LogP contribution in [-0.4, -0.2) is 10.9 Å². The molecule has 17 heavy (non-hydrogen) atoms. The van der Waals surface area contributed by atoms with Gasteiger partial charge in [-0.05, 0) is 24.3 Å². The number of nitrogens with zero attached hydrogens (tertiary/aromatic N) is 2. The van der Waals surface area contributed by atoms with Crippen molar-refractivity contribution in [1.82, 2.24) is 4.98 Å². The molecule has 0 atom stereocenters. The molecule has 1 N–H and O–H groups in total. The van der Waals surface area contributed by atoms with Gasteiger partial charge in [-0.2, -0.15) is 5.26 Å². The summed E-state index contributed by atoms with van der Waals surface area (Å²) < 4.78 is 0. The van der Waals surface area contributed by atoms with Crippen molar-refractivity contribution in [3.05, 3.63) is 59.8 Å². The molecule has 0 fully saturated rings. The predicted molar refractivity (Wildman–Crippen MR) is 63.3 cm³/mol. The van der Waals surface area contributed by atoms with Crippen molar-refractivity contribution in [3.8, 4) is 6.07 Å². The maximum absolute atomic E-state index is 11.8. The molecule has 82 valence electrons. The molecular weight excluding hydrogens is 214 g/mol. The Hall–Kier alpha value is -2.67. The van der Waals surface area contributed by atoms with E-state index in [1.165, 1.54) is 12.3 Å². The number of anilines is 1. The molecule has 1 aromatic carbocycles. The lowest BCUT2D eigenvalue weighted by Gasteiger charge is -2.03. The van der Waals surface area contributed by atoms with Gasteiger partial charge in [0.25, 0.3) is 5.91 Å². The Labute approximate surface area is 98.5 Å². The zero-order valence-electron chi connectivity index (χ0n) is 8.92. The third-order valence-electron chi connectivity index (χ3n) is 2.17. The molecule has 0 unspecified atom stereocenters. The molecule has 0 bridgehead atoms. The minimum absolute atomic E-state index is 0.242. The van der Waals surface area contributed by atoms with Crippen molar-refractivity contribution in [2.24, 2.45) is 0 Å². The van der Waals surface area contributed by atoms with E-state index in [-0.39, 0.29) is 5.91 Å². The number of hydrogen-bond acceptors (Lipinski definition) is 3. The molecule has 0 saturated heterocycles. The van der Waals surface area contributed by atoms with Crippen molar-refractivity contribution in [2.45, 2.75) is 0 Å². The number of pyridine rings is 1. The van der Waals surface area contributed by atoms with Gasteiger partial charge in [0.05, 0.1) is 11.6 Å². The lowest BCUT2D eigenvalue weighted by atomic mass is 10.2. The van der Waals surface area contributed by atoms with Gasteiger partial charge in [-0.15, -0.1) is 0 Å². The molecule has 1 heterocycles. The van der Waals surface area contributed by atoms with Gasteiger partial charge in [-0.3, -0.25) is 4.79 Å². The number of aromatic nitrogens is 1. The normalized spacial score (nSPS) is 9.35. The van der Waals surface area contributed by atoms with Crippen LogP contribution in [0, 0.1) is 11.3 Å². The van der Waals surface area contributed by atoms with Crippen molar-refractivity contribution in [1.29, 1.82) is 5.26 Å². The van der Waals surface area contributed by atoms with Crippen LogP contribution >= 0.6 is 0 Å². The predicted octanol–water partition coefficient (Wildman–Crippen LogP) is 2.21. The minimum Gasteiger partial charge on any atom is -0.307 e. The Morgan fingerprint density at radius 2 is 2.00 bits per heavy atom. The molecule has 4 heteroatoms. The Morgan fingerprint density at radius 3 is 2.71 bits per heavy atom. The quantitative estimate of drug-likeness (QED) is 0.848. The van der Waals surface area contributed by atoms with Gasteiger partial charge in [-0.25, -0.2) is 4.98 Å². The van der Waals surface area contributed by atoms with E-state index in [4.69, 9.17) is 5.26 Å². The van der Waals surface area contributed by atoms with Crippen LogP contribution in [0.3, 0.4) is 0 Å². The van der Waals surface area contributed by atoms with Gasteiger partial charge in [0.15, 0.2) is 0 Å². The number of nitriles is 1. The van der Waals surface area contributed by atoms with E-state index < -0.39 is 0 Å². The summed E-state index contributed by atoms with van der Waals surface area (Å²) in [5, 5.41) is 11.4. The summed E-state index contributed by atoms with van der Waals surface area (Å²) in [5.41, 5.74) is 1.01. The zero-order valence-corrected chi connectivity index (χ0v) is 8.92. The maximum atomic E-state index is 11.8. The second kappa shape index (κ2) is 4.90. The number of amides is 1. The minimum atomic E-state index is -0.242. The van der Waals surface area contributed by atoms with Crippen LogP contribution in [0.1, 0.15) is 15.9 Å². The monoisotopic (exact) mass is 223 g/mol. The Kier molecular flexibility index (Phi) is 3.13. The summed E-state index contributed by atoms with van der Waals surface area (Å²) in [4.78, 5) is 15.7. The molecular formula is C13H9N3O. The van der Waals surface area contributed by atoms with Crippen LogP contribution in [-0.2, 0) is 0 Å². The van der Waals surface area contributed by atoms with Crippen LogP contribution in [0.15, 0.2) is 48.7 Å². The van der Waals surface area contributed by atoms with E-state index in [1.54, 1.807) is 30.3 Å². The highest BCUT2D eigenvalue weighted by Crippen LogP contribution is 2.08. The fraction of sp³-hybridized carbons (Fsp3) is 0. The van der Waals surface area contributed by atoms with Crippen LogP contribution in [0.25, 0.3) is 0 Å². The van der Waals surface area contributed by atoms with Gasteiger partial charge in [-0.1, -0.05) is 18.2 Å². The molecule has 4 nitrogen and oxygen atoms in total. The number of nitrogens with one attached hydrogen (secondary N) is 1. The lowest BCUT2D eigenvalue weighted by molar-refractivity contribution is 0.102. The SMILES string of the molecule is N#Cc1ccnc(NC(=O)c2ccccc2)c1. The fourth-order valence-corrected chi connectivity index (χ4v) is 1.35. The fourth-order valence-electron chi connectivity index (χ4n) is 1.35. The number of hydrogen-bond donors (Lipinski definition) is 1. The third kappa shape index (κ3) is 2.67. The van der Waals surface area contributed by atoms with E-state index in [1.807, 2.05) is 12.1 Å². The summed E-state index contributed by atoms with van der Waals surface area (Å²) in [7, 11) is 0. The largest absolute Gasteiger partial charge is 0.307 e. The summed E-state index contributed by atoms with van der Waals surface area (Å²) >= 11 is 0. The van der Waals surface area contributed by atoms with Crippen LogP contribution in [0.2, 0.25) is 0 Å². The number of rotatable bonds is 2. The average Bonchev–Trinajstić information content (AvgIpc) is 2.40. The molecule has 0 aliphatic rings. The van der Waals surface area contributed by atoms with Gasteiger partial charge >= 0.3 is 0 Å². The topological polar surface area (TPSA) is 65.8 Å². The first-order chi connectivity index (χ1) is 8.29. The highest BCUT2D eigenvalue weighted by Gasteiger charge is 2.05. The van der Waals surface area contributed by atoms with E-state index in [0.29, 0.717) is 16.9 Å². The first-order valence-electron chi connectivity index (χ1n) is 5.02. The molecule has 0 aliphatic heterocycles. The molecule has 2 aromatic rings. The summed E-state index contributed by atoms with van der Waals surface area (Å²) in [6, 6.07) is 13.9. The molecule has 0 spiro atoms. The van der Waals surface area contributed by atoms with Gasteiger partial charge in [0.1, 0.15) is 5.82 Å². The van der Waals surface area contributed by atoms with Crippen LogP contribution < -0.4 is 5.32 Å². The molecule has 2 rings (SSSR count). The lowest BCUT2D eigenvalue weighted by Crippen LogP contribution is -2.12. The number of carbonyl (C=O) groups is 1. The first kappa shape index (κ1) is 10.8. The first-order valence-corrected chi connectivity index (χ1v) is 5.02. The van der Waals surface area contributed by atoms with Crippen LogP contribution in [0.4, 0.5) is 5.82 Å². The van der Waals surface area contributed by atoms with Gasteiger partial charge < -0.3 is 5.32 Å². The van der Waals surface area contributed by atoms with E-state index in [0.717, 1.165) is 0 Å². The van der Waals surface area contributed by atoms with Gasteiger partial charge in [0, 0.05) is 11.8 Å². The zero-order chi connectivity index (χ0) is 12.1. The standard InChI is InChI=1S/C13H9N3O/c14-9-10-6-7-15-12(8-10)16-13(17)11-4-2-1-3-5-11/h1-8H,(H,15,16,17). The molecule has 0 radical (unpaired) electrons. The molecule has 1 aromatic heterocycles. The number of benzene rings is 1. The number of carbonyl (C=O) groups excluding carboxylic acids is 1. The van der Waals surface area contributed by atoms with E-state index in [9.17, 15) is 4.79 Å². The molecule has 0 saturated carbocycles. The van der Waals surface area contributed by atoms with Crippen molar-refractivity contribution >= 4 is 11.7 Å². The Bertz CT molecular complexity index is 573. The van der Waals surface area contributed by atoms with Gasteiger partial charge in [0.2, 0.25) is 0 Å². The Balaban J connectivity index is 2.17. The van der Waals surface area contributed by atoms with E-state index in [2.05, 4.69) is 10.3 Å². The van der Waals surface area contributed by atoms with Crippen LogP contribution in [0.5, 0.6) is 0 Å². The second-order valence-corrected chi connectivity index (χ2v) is 3.36. The smallest absolute Gasteiger partial charge is 0.256 e. The summed E-state index contributed by atoms with van der Waals surface area (Å²) in [6.07, 6.45) is 1.49. The molecule has 0 aliphatic carbocycles. The van der Waals surface area contributed by atoms with Crippen molar-refractivity contribution in [3.63, 3.8) is 0 Å². The average molecular weight is 223 g/mol. The summed E-state index contributed by atoms with van der Waals surface area (Å²) in [5.74, 6) is 0.131. The highest BCUT2D eigenvalue weighted by molar-refractivity contribution is 6.03. The Morgan fingerprint density at radius 1 is 1.24 bits per heavy atom. The second-order valence-electron chi connectivity index (χ2n) is 3.36. The maximum Gasteiger partial charge on any atom is 0.256 e. The summed E-state index contributed by atoms with van der Waals surface area (Å²) in [6.45, 7) is 0. The molecule has 1 amide bonds. The van der Waals surface area contributed by atoms with Crippen molar-refractivity contribution < 1.29 is 4.79 Å². The van der Waals surface area contributed by atoms with E-state index >= 15 is 0 Å². The third-order valence-corrected chi connectivity index (χ3v) is 2.17. The highest BCUT2D eigenvalue weighted by atomic mass is 16.1. The van der Waals surface area contributed by atoms with Crippen molar-refractivity contribution in [2.75, 3.05) is 5.32 Å².